The van der Waals surface area contributed by atoms with Crippen molar-refractivity contribution in [3.05, 3.63) is 22.8 Å². The smallest absolute Gasteiger partial charge is 0.335 e. The van der Waals surface area contributed by atoms with Gasteiger partial charge in [0.05, 0.1) is 17.7 Å². The molecule has 9 rings (SSSR count). The monoisotopic (exact) mass is 438 g/mol. The molecule has 170 valence electrons. The van der Waals surface area contributed by atoms with Crippen molar-refractivity contribution in [3.63, 3.8) is 0 Å². The number of piperidine rings is 2. The number of aliphatic hydroxyl groups excluding tert-OH is 1. The summed E-state index contributed by atoms with van der Waals surface area (Å²) < 4.78 is 12.4. The molecule has 7 nitrogen and oxygen atoms in total. The quantitative estimate of drug-likeness (QED) is 0.621. The highest BCUT2D eigenvalue weighted by molar-refractivity contribution is 5.95. The Labute approximate surface area is 187 Å². The van der Waals surface area contributed by atoms with E-state index in [1.165, 1.54) is 5.57 Å². The highest BCUT2D eigenvalue weighted by Crippen LogP contribution is 2.65. The van der Waals surface area contributed by atoms with Crippen molar-refractivity contribution in [1.29, 1.82) is 0 Å². The van der Waals surface area contributed by atoms with Crippen LogP contribution < -0.4 is 0 Å². The first kappa shape index (κ1) is 18.7. The van der Waals surface area contributed by atoms with Crippen LogP contribution in [0, 0.1) is 5.92 Å². The summed E-state index contributed by atoms with van der Waals surface area (Å²) in [6.45, 7) is 4.24. The van der Waals surface area contributed by atoms with E-state index in [9.17, 15) is 14.7 Å². The van der Waals surface area contributed by atoms with Crippen molar-refractivity contribution in [2.75, 3.05) is 13.1 Å². The van der Waals surface area contributed by atoms with Gasteiger partial charge >= 0.3 is 11.9 Å². The van der Waals surface area contributed by atoms with Crippen LogP contribution in [0.5, 0.6) is 0 Å². The molecule has 7 heterocycles. The molecule has 0 aromatic heterocycles. The molecule has 0 amide bonds. The Morgan fingerprint density at radius 1 is 1.09 bits per heavy atom. The largest absolute Gasteiger partial charge is 0.449 e. The van der Waals surface area contributed by atoms with E-state index in [-0.39, 0.29) is 41.5 Å². The summed E-state index contributed by atoms with van der Waals surface area (Å²) in [6, 6.07) is 0.503. The topological polar surface area (TPSA) is 79.3 Å². The number of hydrogen-bond acceptors (Lipinski definition) is 7. The van der Waals surface area contributed by atoms with E-state index < -0.39 is 17.3 Å². The summed E-state index contributed by atoms with van der Waals surface area (Å²) in [4.78, 5) is 31.0. The highest BCUT2D eigenvalue weighted by atomic mass is 16.6. The maximum absolute atomic E-state index is 13.6. The van der Waals surface area contributed by atoms with Crippen molar-refractivity contribution in [3.8, 4) is 0 Å². The van der Waals surface area contributed by atoms with Gasteiger partial charge in [-0.05, 0) is 69.7 Å². The predicted octanol–water partition coefficient (Wildman–Crippen LogP) is 1.45. The molecule has 0 unspecified atom stereocenters. The molecule has 0 radical (unpaired) electrons. The molecule has 2 spiro atoms. The average Bonchev–Trinajstić information content (AvgIpc) is 3.50. The van der Waals surface area contributed by atoms with Gasteiger partial charge in [-0.25, -0.2) is 9.59 Å². The molecule has 32 heavy (non-hydrogen) atoms. The molecule has 7 heteroatoms. The van der Waals surface area contributed by atoms with Crippen molar-refractivity contribution in [1.82, 2.24) is 9.80 Å². The first-order valence-corrected chi connectivity index (χ1v) is 12.5. The minimum atomic E-state index is -0.644. The highest BCUT2D eigenvalue weighted by Gasteiger charge is 2.73. The summed E-state index contributed by atoms with van der Waals surface area (Å²) in [5.74, 6) is -0.353. The van der Waals surface area contributed by atoms with Gasteiger partial charge in [-0.2, -0.15) is 0 Å². The molecular weight excluding hydrogens is 408 g/mol. The molecule has 0 aromatic carbocycles. The van der Waals surface area contributed by atoms with E-state index in [2.05, 4.69) is 16.7 Å². The summed E-state index contributed by atoms with van der Waals surface area (Å²) in [7, 11) is 0. The van der Waals surface area contributed by atoms with Gasteiger partial charge in [-0.1, -0.05) is 0 Å². The van der Waals surface area contributed by atoms with Crippen LogP contribution in [0.25, 0.3) is 0 Å². The van der Waals surface area contributed by atoms with Gasteiger partial charge in [0.15, 0.2) is 11.2 Å². The van der Waals surface area contributed by atoms with E-state index in [0.29, 0.717) is 12.8 Å². The third kappa shape index (κ3) is 1.80. The first-order valence-electron chi connectivity index (χ1n) is 12.5. The maximum Gasteiger partial charge on any atom is 0.335 e. The lowest BCUT2D eigenvalue weighted by Gasteiger charge is -2.56. The molecule has 5 saturated heterocycles. The van der Waals surface area contributed by atoms with Crippen LogP contribution in [0.1, 0.15) is 58.3 Å². The van der Waals surface area contributed by atoms with Crippen LogP contribution in [-0.2, 0) is 19.1 Å². The van der Waals surface area contributed by atoms with Crippen LogP contribution in [0.15, 0.2) is 22.8 Å². The standard InChI is InChI=1S/C25H30N2O5/c1-23-5-3-7-27(23)17-11-25(23)13(9-20(29)31-25)8-14(17)21-15-10-16-18(28)12-24(15,32-22(21)30)19-4-2-6-26(16)19/h9,14,16-19,28H,2-8,10-12H2,1H3/t14-,16-,17-,18+,19+,23+,24+,25-/m0/s1. The van der Waals surface area contributed by atoms with Gasteiger partial charge in [-0.3, -0.25) is 9.80 Å². The van der Waals surface area contributed by atoms with Crippen LogP contribution in [0.3, 0.4) is 0 Å². The average molecular weight is 439 g/mol. The normalized spacial score (nSPS) is 53.2. The number of esters is 2. The van der Waals surface area contributed by atoms with E-state index in [1.807, 2.05) is 0 Å². The zero-order valence-corrected chi connectivity index (χ0v) is 18.5. The van der Waals surface area contributed by atoms with Crippen molar-refractivity contribution in [2.45, 2.75) is 99.3 Å². The van der Waals surface area contributed by atoms with Crippen LogP contribution in [0.2, 0.25) is 0 Å². The first-order chi connectivity index (χ1) is 15.4. The second-order valence-corrected chi connectivity index (χ2v) is 11.7. The Kier molecular flexibility index (Phi) is 3.22. The van der Waals surface area contributed by atoms with Crippen molar-refractivity contribution < 1.29 is 24.2 Å². The molecule has 7 aliphatic heterocycles. The van der Waals surface area contributed by atoms with E-state index >= 15 is 0 Å². The number of fused-ring (bicyclic) bond motifs is 4. The van der Waals surface area contributed by atoms with E-state index in [0.717, 1.165) is 62.8 Å². The van der Waals surface area contributed by atoms with Gasteiger partial charge in [0.2, 0.25) is 0 Å². The fraction of sp³-hybridized carbons (Fsp3) is 0.760. The lowest BCUT2D eigenvalue weighted by molar-refractivity contribution is -0.176. The van der Waals surface area contributed by atoms with Crippen LogP contribution in [-0.4, -0.2) is 80.9 Å². The minimum absolute atomic E-state index is 0.0389. The van der Waals surface area contributed by atoms with Gasteiger partial charge in [0.25, 0.3) is 0 Å². The molecule has 7 fully saturated rings. The number of rotatable bonds is 1. The molecule has 9 aliphatic rings. The number of nitrogens with zero attached hydrogens (tertiary/aromatic N) is 2. The number of carbonyl (C=O) groups excluding carboxylic acids is 2. The lowest BCUT2D eigenvalue weighted by Crippen LogP contribution is -2.68. The zero-order chi connectivity index (χ0) is 21.6. The van der Waals surface area contributed by atoms with Gasteiger partial charge in [0.1, 0.15) is 0 Å². The summed E-state index contributed by atoms with van der Waals surface area (Å²) in [6.07, 6.45) is 8.28. The number of hydrogen-bond donors (Lipinski definition) is 1. The zero-order valence-electron chi connectivity index (χ0n) is 18.5. The number of ether oxygens (including phenoxy) is 2. The van der Waals surface area contributed by atoms with Crippen molar-refractivity contribution in [2.24, 2.45) is 5.92 Å². The molecule has 2 aliphatic carbocycles. The Morgan fingerprint density at radius 3 is 2.84 bits per heavy atom. The van der Waals surface area contributed by atoms with E-state index in [1.54, 1.807) is 6.08 Å². The second-order valence-electron chi connectivity index (χ2n) is 11.7. The van der Waals surface area contributed by atoms with E-state index in [4.69, 9.17) is 9.47 Å². The number of carbonyl (C=O) groups is 2. The molecule has 8 atom stereocenters. The van der Waals surface area contributed by atoms with Crippen LogP contribution in [0.4, 0.5) is 0 Å². The molecule has 1 N–H and O–H groups in total. The SMILES string of the molecule is C[C@]12CCCN1[C@H]1C[C@@]23OC(=O)C=C3C[C@@H]1C1=C2C[C@H]3[C@H](O)C[C@]2(OC1=O)[C@H]1CCCN31. The van der Waals surface area contributed by atoms with Gasteiger partial charge < -0.3 is 14.6 Å². The lowest BCUT2D eigenvalue weighted by atomic mass is 9.63. The third-order valence-electron chi connectivity index (χ3n) is 10.8. The summed E-state index contributed by atoms with van der Waals surface area (Å²) in [5.41, 5.74) is 1.80. The molecule has 2 saturated carbocycles. The fourth-order valence-corrected chi connectivity index (χ4v) is 9.66. The fourth-order valence-electron chi connectivity index (χ4n) is 9.66. The Balaban J connectivity index is 1.29. The Morgan fingerprint density at radius 2 is 1.97 bits per heavy atom. The molecule has 0 aromatic rings. The Bertz CT molecular complexity index is 1050. The van der Waals surface area contributed by atoms with Crippen LogP contribution >= 0.6 is 0 Å². The van der Waals surface area contributed by atoms with Gasteiger partial charge in [-0.15, -0.1) is 0 Å². The maximum atomic E-state index is 13.6. The minimum Gasteiger partial charge on any atom is -0.449 e. The summed E-state index contributed by atoms with van der Waals surface area (Å²) in [5, 5.41) is 10.9. The predicted molar refractivity (Wildman–Crippen MR) is 112 cm³/mol. The van der Waals surface area contributed by atoms with Crippen molar-refractivity contribution >= 4 is 11.9 Å². The summed E-state index contributed by atoms with van der Waals surface area (Å²) >= 11 is 0. The molecular formula is C25H30N2O5. The Hall–Kier alpha value is -1.70. The second kappa shape index (κ2) is 5.50. The third-order valence-corrected chi connectivity index (χ3v) is 10.8. The van der Waals surface area contributed by atoms with Gasteiger partial charge in [0, 0.05) is 42.5 Å². The number of aliphatic hydroxyl groups is 1. The molecule has 4 bridgehead atoms.